The van der Waals surface area contributed by atoms with Crippen molar-refractivity contribution < 1.29 is 14.7 Å². The van der Waals surface area contributed by atoms with Gasteiger partial charge < -0.3 is 10.4 Å². The minimum atomic E-state index is -1.07. The van der Waals surface area contributed by atoms with E-state index in [4.69, 9.17) is 5.11 Å². The zero-order valence-electron chi connectivity index (χ0n) is 10.8. The van der Waals surface area contributed by atoms with Crippen LogP contribution in [0.2, 0.25) is 0 Å². The molecule has 0 aliphatic heterocycles. The molecule has 0 spiro atoms. The molecular weight excluding hydrogens is 242 g/mol. The Balaban J connectivity index is 1.80. The van der Waals surface area contributed by atoms with Crippen molar-refractivity contribution >= 4 is 11.9 Å². The summed E-state index contributed by atoms with van der Waals surface area (Å²) in [5, 5.41) is 11.3. The Bertz CT molecular complexity index is 436. The topological polar surface area (TPSA) is 66.4 Å². The Hall–Kier alpha value is -1.84. The van der Waals surface area contributed by atoms with Crippen molar-refractivity contribution in [2.75, 3.05) is 0 Å². The fraction of sp³-hybridized carbons (Fsp3) is 0.467. The molecule has 2 N–H and O–H groups in total. The number of benzene rings is 1. The monoisotopic (exact) mass is 261 g/mol. The second-order valence-electron chi connectivity index (χ2n) is 5.10. The first-order valence-corrected chi connectivity index (χ1v) is 6.71. The van der Waals surface area contributed by atoms with Crippen LogP contribution in [0.3, 0.4) is 0 Å². The lowest BCUT2D eigenvalue weighted by molar-refractivity contribution is -0.140. The molecule has 0 atom stereocenters. The van der Waals surface area contributed by atoms with E-state index in [1.165, 1.54) is 5.56 Å². The molecule has 0 aromatic heterocycles. The largest absolute Gasteiger partial charge is 0.481 e. The number of carbonyl (C=O) groups excluding carboxylic acids is 1. The number of hydrogen-bond donors (Lipinski definition) is 2. The van der Waals surface area contributed by atoms with Gasteiger partial charge in [-0.25, -0.2) is 0 Å². The number of nitrogens with one attached hydrogen (secondary N) is 1. The maximum Gasteiger partial charge on any atom is 0.312 e. The van der Waals surface area contributed by atoms with E-state index in [0.29, 0.717) is 5.92 Å². The molecule has 1 aromatic carbocycles. The zero-order chi connectivity index (χ0) is 13.7. The number of carboxylic acids is 1. The Morgan fingerprint density at radius 1 is 1.11 bits per heavy atom. The first-order chi connectivity index (χ1) is 9.15. The number of amides is 1. The van der Waals surface area contributed by atoms with Crippen molar-refractivity contribution in [2.45, 2.75) is 44.1 Å². The van der Waals surface area contributed by atoms with Crippen molar-refractivity contribution in [3.8, 4) is 0 Å². The van der Waals surface area contributed by atoms with Crippen molar-refractivity contribution in [1.29, 1.82) is 0 Å². The third kappa shape index (κ3) is 4.09. The zero-order valence-corrected chi connectivity index (χ0v) is 10.8. The molecule has 2 rings (SSSR count). The lowest BCUT2D eigenvalue weighted by Gasteiger charge is -2.29. The van der Waals surface area contributed by atoms with Crippen LogP contribution in [0, 0.1) is 0 Å². The summed E-state index contributed by atoms with van der Waals surface area (Å²) in [7, 11) is 0. The van der Waals surface area contributed by atoms with Gasteiger partial charge in [-0.05, 0) is 37.2 Å². The van der Waals surface area contributed by atoms with Gasteiger partial charge in [-0.1, -0.05) is 30.3 Å². The van der Waals surface area contributed by atoms with E-state index in [0.717, 1.165) is 25.7 Å². The first-order valence-electron chi connectivity index (χ1n) is 6.71. The summed E-state index contributed by atoms with van der Waals surface area (Å²) >= 11 is 0. The Morgan fingerprint density at radius 2 is 1.74 bits per heavy atom. The molecule has 1 aromatic rings. The molecule has 1 saturated carbocycles. The van der Waals surface area contributed by atoms with Crippen LogP contribution >= 0.6 is 0 Å². The van der Waals surface area contributed by atoms with Crippen LogP contribution in [-0.2, 0) is 9.59 Å². The third-order valence-corrected chi connectivity index (χ3v) is 3.68. The maximum absolute atomic E-state index is 11.4. The molecule has 0 heterocycles. The lowest BCUT2D eigenvalue weighted by atomic mass is 9.82. The second-order valence-corrected chi connectivity index (χ2v) is 5.10. The van der Waals surface area contributed by atoms with Gasteiger partial charge in [0, 0.05) is 6.04 Å². The smallest absolute Gasteiger partial charge is 0.312 e. The molecule has 19 heavy (non-hydrogen) atoms. The highest BCUT2D eigenvalue weighted by atomic mass is 16.4. The number of carboxylic acid groups (broad SMARTS) is 1. The average molecular weight is 261 g/mol. The quantitative estimate of drug-likeness (QED) is 0.817. The fourth-order valence-corrected chi connectivity index (χ4v) is 2.71. The van der Waals surface area contributed by atoms with Gasteiger partial charge in [-0.3, -0.25) is 9.59 Å². The van der Waals surface area contributed by atoms with Crippen LogP contribution in [0.15, 0.2) is 30.3 Å². The van der Waals surface area contributed by atoms with Crippen molar-refractivity contribution in [3.63, 3.8) is 0 Å². The number of rotatable bonds is 4. The van der Waals surface area contributed by atoms with E-state index in [-0.39, 0.29) is 11.9 Å². The third-order valence-electron chi connectivity index (χ3n) is 3.68. The van der Waals surface area contributed by atoms with Gasteiger partial charge in [0.25, 0.3) is 0 Å². The van der Waals surface area contributed by atoms with Crippen molar-refractivity contribution in [3.05, 3.63) is 35.9 Å². The van der Waals surface area contributed by atoms with Crippen LogP contribution in [0.25, 0.3) is 0 Å². The van der Waals surface area contributed by atoms with Gasteiger partial charge in [0.1, 0.15) is 6.42 Å². The summed E-state index contributed by atoms with van der Waals surface area (Å²) in [6.07, 6.45) is 3.50. The van der Waals surface area contributed by atoms with E-state index >= 15 is 0 Å². The Kier molecular flexibility index (Phi) is 4.55. The van der Waals surface area contributed by atoms with Gasteiger partial charge in [0.05, 0.1) is 0 Å². The molecule has 1 aliphatic carbocycles. The van der Waals surface area contributed by atoms with E-state index in [1.54, 1.807) is 0 Å². The molecular formula is C15H19NO3. The summed E-state index contributed by atoms with van der Waals surface area (Å²) in [6.45, 7) is 0. The van der Waals surface area contributed by atoms with Crippen LogP contribution < -0.4 is 5.32 Å². The van der Waals surface area contributed by atoms with E-state index in [1.807, 2.05) is 6.07 Å². The summed E-state index contributed by atoms with van der Waals surface area (Å²) in [5.74, 6) is -0.889. The van der Waals surface area contributed by atoms with E-state index < -0.39 is 12.4 Å². The van der Waals surface area contributed by atoms with E-state index in [2.05, 4.69) is 29.6 Å². The molecule has 0 unspecified atom stereocenters. The molecule has 0 bridgehead atoms. The number of aliphatic carboxylic acids is 1. The second kappa shape index (κ2) is 6.36. The summed E-state index contributed by atoms with van der Waals surface area (Å²) in [5.41, 5.74) is 1.36. The predicted molar refractivity (Wildman–Crippen MR) is 71.8 cm³/mol. The number of hydrogen-bond acceptors (Lipinski definition) is 2. The molecule has 1 amide bonds. The first kappa shape index (κ1) is 13.6. The normalized spacial score (nSPS) is 22.7. The Morgan fingerprint density at radius 3 is 2.32 bits per heavy atom. The van der Waals surface area contributed by atoms with E-state index in [9.17, 15) is 9.59 Å². The molecule has 0 radical (unpaired) electrons. The van der Waals surface area contributed by atoms with Crippen molar-refractivity contribution in [1.82, 2.24) is 5.32 Å². The van der Waals surface area contributed by atoms with Crippen molar-refractivity contribution in [2.24, 2.45) is 0 Å². The standard InChI is InChI=1S/C15H19NO3/c17-14(10-15(18)19)16-13-8-6-12(7-9-13)11-4-2-1-3-5-11/h1-5,12-13H,6-10H2,(H,16,17)(H,18,19). The lowest BCUT2D eigenvalue weighted by Crippen LogP contribution is -2.38. The van der Waals surface area contributed by atoms with Gasteiger partial charge in [-0.15, -0.1) is 0 Å². The summed E-state index contributed by atoms with van der Waals surface area (Å²) < 4.78 is 0. The highest BCUT2D eigenvalue weighted by Gasteiger charge is 2.23. The van der Waals surface area contributed by atoms with Gasteiger partial charge >= 0.3 is 5.97 Å². The summed E-state index contributed by atoms with van der Waals surface area (Å²) in [6, 6.07) is 10.5. The minimum Gasteiger partial charge on any atom is -0.481 e. The minimum absolute atomic E-state index is 0.131. The highest BCUT2D eigenvalue weighted by Crippen LogP contribution is 2.32. The van der Waals surface area contributed by atoms with Gasteiger partial charge in [-0.2, -0.15) is 0 Å². The predicted octanol–water partition coefficient (Wildman–Crippen LogP) is 2.30. The van der Waals surface area contributed by atoms with Crippen LogP contribution in [-0.4, -0.2) is 23.0 Å². The fourth-order valence-electron chi connectivity index (χ4n) is 2.71. The molecule has 1 aliphatic rings. The van der Waals surface area contributed by atoms with Gasteiger partial charge in [0.15, 0.2) is 0 Å². The molecule has 1 fully saturated rings. The molecule has 0 saturated heterocycles. The van der Waals surface area contributed by atoms with Crippen LogP contribution in [0.1, 0.15) is 43.6 Å². The van der Waals surface area contributed by atoms with Crippen LogP contribution in [0.4, 0.5) is 0 Å². The van der Waals surface area contributed by atoms with Gasteiger partial charge in [0.2, 0.25) is 5.91 Å². The SMILES string of the molecule is O=C(O)CC(=O)NC1CCC(c2ccccc2)CC1. The maximum atomic E-state index is 11.4. The molecule has 4 nitrogen and oxygen atoms in total. The number of carbonyl (C=O) groups is 2. The highest BCUT2D eigenvalue weighted by molar-refractivity contribution is 5.93. The summed E-state index contributed by atoms with van der Waals surface area (Å²) in [4.78, 5) is 21.8. The Labute approximate surface area is 112 Å². The van der Waals surface area contributed by atoms with Crippen LogP contribution in [0.5, 0.6) is 0 Å². The average Bonchev–Trinajstić information content (AvgIpc) is 2.39. The molecule has 4 heteroatoms. The molecule has 102 valence electrons.